The van der Waals surface area contributed by atoms with E-state index in [1.165, 1.54) is 0 Å². The van der Waals surface area contributed by atoms with Gasteiger partial charge in [0.2, 0.25) is 0 Å². The van der Waals surface area contributed by atoms with Crippen LogP contribution in [0.4, 0.5) is 0 Å². The van der Waals surface area contributed by atoms with Crippen molar-refractivity contribution in [3.05, 3.63) is 23.2 Å². The summed E-state index contributed by atoms with van der Waals surface area (Å²) in [6.07, 6.45) is 3.08. The number of carbonyl (C=O) groups is 1. The normalized spacial score (nSPS) is 11.8. The molecule has 1 atom stereocenters. The summed E-state index contributed by atoms with van der Waals surface area (Å²) in [5.74, 6) is 0.991. The molecule has 0 bridgehead atoms. The summed E-state index contributed by atoms with van der Waals surface area (Å²) >= 11 is 0. The van der Waals surface area contributed by atoms with Crippen molar-refractivity contribution in [1.29, 1.82) is 0 Å². The Morgan fingerprint density at radius 2 is 2.17 bits per heavy atom. The molecule has 0 spiro atoms. The molecule has 0 saturated carbocycles. The summed E-state index contributed by atoms with van der Waals surface area (Å²) < 4.78 is 5.37. The number of unbranched alkanes of at least 4 members (excludes halogenated alkanes) is 1. The average Bonchev–Trinajstić information content (AvgIpc) is 2.63. The molecule has 1 unspecified atom stereocenters. The molecule has 1 rings (SSSR count). The van der Waals surface area contributed by atoms with Crippen molar-refractivity contribution < 1.29 is 9.21 Å². The van der Waals surface area contributed by atoms with Gasteiger partial charge in [-0.05, 0) is 26.3 Å². The molecule has 1 amide bonds. The summed E-state index contributed by atoms with van der Waals surface area (Å²) in [5.41, 5.74) is 6.50. The average molecular weight is 275 g/mol. The molecule has 3 N–H and O–H groups in total. The molecular weight excluding hydrogens is 252 g/mol. The van der Waals surface area contributed by atoms with E-state index in [-0.39, 0.29) is 24.4 Å². The van der Waals surface area contributed by atoms with Crippen LogP contribution in [0.1, 0.15) is 48.1 Å². The molecular formula is C13H23ClN2O2. The van der Waals surface area contributed by atoms with E-state index >= 15 is 0 Å². The third-order valence-electron chi connectivity index (χ3n) is 2.77. The Morgan fingerprint density at radius 3 is 2.61 bits per heavy atom. The molecule has 104 valence electrons. The Hall–Kier alpha value is -1.00. The van der Waals surface area contributed by atoms with E-state index < -0.39 is 0 Å². The van der Waals surface area contributed by atoms with Crippen molar-refractivity contribution in [2.75, 3.05) is 6.54 Å². The van der Waals surface area contributed by atoms with E-state index in [1.807, 2.05) is 19.9 Å². The smallest absolute Gasteiger partial charge is 0.287 e. The van der Waals surface area contributed by atoms with Gasteiger partial charge in [-0.1, -0.05) is 19.8 Å². The van der Waals surface area contributed by atoms with Crippen LogP contribution in [0.3, 0.4) is 0 Å². The van der Waals surface area contributed by atoms with Gasteiger partial charge in [0.05, 0.1) is 0 Å². The van der Waals surface area contributed by atoms with Crippen LogP contribution in [0, 0.1) is 13.8 Å². The number of rotatable bonds is 6. The van der Waals surface area contributed by atoms with Crippen molar-refractivity contribution in [3.8, 4) is 0 Å². The molecule has 1 aromatic rings. The number of furan rings is 1. The van der Waals surface area contributed by atoms with Crippen molar-refractivity contribution >= 4 is 18.3 Å². The number of carbonyl (C=O) groups excluding carboxylic acids is 1. The lowest BCUT2D eigenvalue weighted by atomic mass is 10.1. The van der Waals surface area contributed by atoms with Crippen molar-refractivity contribution in [2.45, 2.75) is 46.1 Å². The highest BCUT2D eigenvalue weighted by Crippen LogP contribution is 2.13. The predicted molar refractivity (Wildman–Crippen MR) is 75.3 cm³/mol. The highest BCUT2D eigenvalue weighted by molar-refractivity contribution is 5.93. The summed E-state index contributed by atoms with van der Waals surface area (Å²) in [4.78, 5) is 12.0. The fourth-order valence-electron chi connectivity index (χ4n) is 1.82. The summed E-state index contributed by atoms with van der Waals surface area (Å²) in [7, 11) is 0. The lowest BCUT2D eigenvalue weighted by Crippen LogP contribution is -2.40. The van der Waals surface area contributed by atoms with Crippen LogP contribution in [-0.4, -0.2) is 18.5 Å². The minimum atomic E-state index is -0.165. The van der Waals surface area contributed by atoms with Gasteiger partial charge in [-0.25, -0.2) is 0 Å². The highest BCUT2D eigenvalue weighted by Gasteiger charge is 2.17. The van der Waals surface area contributed by atoms with Crippen LogP contribution in [0.15, 0.2) is 10.5 Å². The second-order valence-electron chi connectivity index (χ2n) is 4.42. The van der Waals surface area contributed by atoms with Crippen LogP contribution in [-0.2, 0) is 0 Å². The quantitative estimate of drug-likeness (QED) is 0.838. The zero-order chi connectivity index (χ0) is 12.8. The van der Waals surface area contributed by atoms with Crippen LogP contribution in [0.25, 0.3) is 0 Å². The summed E-state index contributed by atoms with van der Waals surface area (Å²) in [6, 6.07) is 1.89. The van der Waals surface area contributed by atoms with Gasteiger partial charge in [0.25, 0.3) is 5.91 Å². The van der Waals surface area contributed by atoms with Crippen LogP contribution >= 0.6 is 12.4 Å². The molecule has 0 aliphatic heterocycles. The van der Waals surface area contributed by atoms with Crippen molar-refractivity contribution in [1.82, 2.24) is 5.32 Å². The third kappa shape index (κ3) is 4.70. The van der Waals surface area contributed by atoms with Crippen molar-refractivity contribution in [2.24, 2.45) is 5.73 Å². The van der Waals surface area contributed by atoms with E-state index in [9.17, 15) is 4.79 Å². The van der Waals surface area contributed by atoms with Gasteiger partial charge < -0.3 is 15.5 Å². The lowest BCUT2D eigenvalue weighted by Gasteiger charge is -2.15. The van der Waals surface area contributed by atoms with Gasteiger partial charge in [0, 0.05) is 18.2 Å². The van der Waals surface area contributed by atoms with Gasteiger partial charge in [0.15, 0.2) is 5.76 Å². The first-order valence-corrected chi connectivity index (χ1v) is 6.16. The Balaban J connectivity index is 0.00000289. The van der Waals surface area contributed by atoms with Gasteiger partial charge in [-0.2, -0.15) is 0 Å². The van der Waals surface area contributed by atoms with Crippen molar-refractivity contribution in [3.63, 3.8) is 0 Å². The largest absolute Gasteiger partial charge is 0.456 e. The Labute approximate surface area is 115 Å². The zero-order valence-corrected chi connectivity index (χ0v) is 12.1. The number of nitrogens with one attached hydrogen (secondary N) is 1. The van der Waals surface area contributed by atoms with Gasteiger partial charge in [0.1, 0.15) is 5.76 Å². The SMILES string of the molecule is CCCCC(CN)NC(=O)c1oc(C)cc1C.Cl. The van der Waals surface area contributed by atoms with Gasteiger partial charge in [-0.3, -0.25) is 4.79 Å². The first kappa shape index (κ1) is 17.0. The lowest BCUT2D eigenvalue weighted by molar-refractivity contribution is 0.0905. The molecule has 5 heteroatoms. The highest BCUT2D eigenvalue weighted by atomic mass is 35.5. The minimum Gasteiger partial charge on any atom is -0.456 e. The number of halogens is 1. The van der Waals surface area contributed by atoms with Gasteiger partial charge in [-0.15, -0.1) is 12.4 Å². The minimum absolute atomic E-state index is 0. The Morgan fingerprint density at radius 1 is 1.50 bits per heavy atom. The molecule has 18 heavy (non-hydrogen) atoms. The molecule has 1 heterocycles. The van der Waals surface area contributed by atoms with Crippen LogP contribution in [0.2, 0.25) is 0 Å². The standard InChI is InChI=1S/C13H22N2O2.ClH/c1-4-5-6-11(8-14)15-13(16)12-9(2)7-10(3)17-12;/h7,11H,4-6,8,14H2,1-3H3,(H,15,16);1H. The van der Waals surface area contributed by atoms with E-state index in [1.54, 1.807) is 0 Å². The molecule has 0 aliphatic carbocycles. The molecule has 0 fully saturated rings. The molecule has 4 nitrogen and oxygen atoms in total. The number of hydrogen-bond acceptors (Lipinski definition) is 3. The number of amides is 1. The molecule has 0 aromatic carbocycles. The maximum atomic E-state index is 12.0. The Bertz CT molecular complexity index is 377. The maximum Gasteiger partial charge on any atom is 0.287 e. The monoisotopic (exact) mass is 274 g/mol. The van der Waals surface area contributed by atoms with E-state index in [0.717, 1.165) is 30.6 Å². The zero-order valence-electron chi connectivity index (χ0n) is 11.3. The number of nitrogens with two attached hydrogens (primary N) is 1. The second-order valence-corrected chi connectivity index (χ2v) is 4.42. The first-order valence-electron chi connectivity index (χ1n) is 6.16. The van der Waals surface area contributed by atoms with Crippen LogP contribution < -0.4 is 11.1 Å². The number of hydrogen-bond donors (Lipinski definition) is 2. The summed E-state index contributed by atoms with van der Waals surface area (Å²) in [6.45, 7) is 6.29. The van der Waals surface area contributed by atoms with E-state index in [2.05, 4.69) is 12.2 Å². The molecule has 0 saturated heterocycles. The second kappa shape index (κ2) is 8.16. The summed E-state index contributed by atoms with van der Waals surface area (Å²) in [5, 5.41) is 2.91. The molecule has 0 radical (unpaired) electrons. The van der Waals surface area contributed by atoms with E-state index in [4.69, 9.17) is 10.2 Å². The van der Waals surface area contributed by atoms with Gasteiger partial charge >= 0.3 is 0 Å². The maximum absolute atomic E-state index is 12.0. The van der Waals surface area contributed by atoms with E-state index in [0.29, 0.717) is 12.3 Å². The molecule has 1 aromatic heterocycles. The third-order valence-corrected chi connectivity index (χ3v) is 2.77. The van der Waals surface area contributed by atoms with Crippen LogP contribution in [0.5, 0.6) is 0 Å². The first-order chi connectivity index (χ1) is 8.08. The topological polar surface area (TPSA) is 68.3 Å². The fraction of sp³-hybridized carbons (Fsp3) is 0.615. The molecule has 0 aliphatic rings. The fourth-order valence-corrected chi connectivity index (χ4v) is 1.82. The number of aryl methyl sites for hydroxylation is 2. The Kier molecular flexibility index (Phi) is 7.71. The predicted octanol–water partition coefficient (Wildman–Crippen LogP) is 2.57.